The molecule has 4 nitrogen and oxygen atoms in total. The summed E-state index contributed by atoms with van der Waals surface area (Å²) in [5.41, 5.74) is 7.02. The van der Waals surface area contributed by atoms with E-state index in [1.54, 1.807) is 7.11 Å². The van der Waals surface area contributed by atoms with Gasteiger partial charge in [0.15, 0.2) is 0 Å². The predicted octanol–water partition coefficient (Wildman–Crippen LogP) is 2.15. The van der Waals surface area contributed by atoms with Gasteiger partial charge in [0.1, 0.15) is 0 Å². The van der Waals surface area contributed by atoms with Gasteiger partial charge in [-0.25, -0.2) is 0 Å². The minimum Gasteiger partial charge on any atom is -0.383 e. The smallest absolute Gasteiger partial charge is 0.0625 e. The summed E-state index contributed by atoms with van der Waals surface area (Å²) in [6, 6.07) is 2.73. The van der Waals surface area contributed by atoms with Crippen molar-refractivity contribution in [3.8, 4) is 0 Å². The van der Waals surface area contributed by atoms with Crippen molar-refractivity contribution in [3.63, 3.8) is 0 Å². The van der Waals surface area contributed by atoms with Crippen molar-refractivity contribution >= 4 is 0 Å². The second-order valence-electron chi connectivity index (χ2n) is 4.51. The Labute approximate surface area is 104 Å². The molecule has 0 amide bonds. The summed E-state index contributed by atoms with van der Waals surface area (Å²) >= 11 is 0. The summed E-state index contributed by atoms with van der Waals surface area (Å²) < 4.78 is 7.10. The third kappa shape index (κ3) is 4.48. The number of aryl methyl sites for hydroxylation is 1. The van der Waals surface area contributed by atoms with Gasteiger partial charge in [0.2, 0.25) is 0 Å². The Morgan fingerprint density at radius 2 is 2.12 bits per heavy atom. The molecule has 0 saturated heterocycles. The van der Waals surface area contributed by atoms with Gasteiger partial charge in [0, 0.05) is 19.3 Å². The summed E-state index contributed by atoms with van der Waals surface area (Å²) in [6.07, 6.45) is 6.18. The molecule has 1 atom stereocenters. The SMILES string of the molecule is CCC(CC)n1ccc(CCC(N)COC)n1. The molecule has 4 heteroatoms. The number of methoxy groups -OCH3 is 1. The minimum atomic E-state index is 0.110. The Kier molecular flexibility index (Phi) is 6.22. The summed E-state index contributed by atoms with van der Waals surface area (Å²) in [4.78, 5) is 0. The highest BCUT2D eigenvalue weighted by molar-refractivity contribution is 5.00. The molecule has 1 rings (SSSR count). The van der Waals surface area contributed by atoms with Gasteiger partial charge in [-0.1, -0.05) is 13.8 Å². The fourth-order valence-electron chi connectivity index (χ4n) is 2.01. The van der Waals surface area contributed by atoms with Crippen LogP contribution in [0.2, 0.25) is 0 Å². The second-order valence-corrected chi connectivity index (χ2v) is 4.51. The van der Waals surface area contributed by atoms with Crippen LogP contribution in [0.4, 0.5) is 0 Å². The van der Waals surface area contributed by atoms with Crippen molar-refractivity contribution in [1.82, 2.24) is 9.78 Å². The lowest BCUT2D eigenvalue weighted by atomic mass is 10.1. The molecule has 17 heavy (non-hydrogen) atoms. The highest BCUT2D eigenvalue weighted by atomic mass is 16.5. The first-order valence-electron chi connectivity index (χ1n) is 6.49. The van der Waals surface area contributed by atoms with Gasteiger partial charge in [-0.05, 0) is 31.7 Å². The molecular weight excluding hydrogens is 214 g/mol. The Hall–Kier alpha value is -0.870. The normalized spacial score (nSPS) is 13.2. The van der Waals surface area contributed by atoms with E-state index in [1.807, 2.05) is 0 Å². The van der Waals surface area contributed by atoms with Crippen molar-refractivity contribution in [1.29, 1.82) is 0 Å². The predicted molar refractivity (Wildman–Crippen MR) is 70.0 cm³/mol. The first kappa shape index (κ1) is 14.2. The number of ether oxygens (including phenoxy) is 1. The number of hydrogen-bond acceptors (Lipinski definition) is 3. The molecule has 0 radical (unpaired) electrons. The first-order valence-corrected chi connectivity index (χ1v) is 6.49. The van der Waals surface area contributed by atoms with Gasteiger partial charge in [0.05, 0.1) is 18.3 Å². The zero-order chi connectivity index (χ0) is 12.7. The zero-order valence-electron chi connectivity index (χ0n) is 11.2. The van der Waals surface area contributed by atoms with Gasteiger partial charge in [-0.3, -0.25) is 4.68 Å². The molecule has 1 unspecified atom stereocenters. The molecule has 2 N–H and O–H groups in total. The maximum atomic E-state index is 5.89. The molecule has 0 fully saturated rings. The van der Waals surface area contributed by atoms with Crippen LogP contribution in [0.3, 0.4) is 0 Å². The molecule has 0 aromatic carbocycles. The van der Waals surface area contributed by atoms with Crippen LogP contribution in [0, 0.1) is 0 Å². The Bertz CT molecular complexity index is 307. The van der Waals surface area contributed by atoms with Crippen molar-refractivity contribution in [2.75, 3.05) is 13.7 Å². The molecule has 98 valence electrons. The largest absolute Gasteiger partial charge is 0.383 e. The van der Waals surface area contributed by atoms with Crippen LogP contribution in [0.25, 0.3) is 0 Å². The minimum absolute atomic E-state index is 0.110. The zero-order valence-corrected chi connectivity index (χ0v) is 11.2. The van der Waals surface area contributed by atoms with Crippen LogP contribution in [-0.4, -0.2) is 29.5 Å². The summed E-state index contributed by atoms with van der Waals surface area (Å²) in [5, 5.41) is 4.60. The first-order chi connectivity index (χ1) is 8.21. The van der Waals surface area contributed by atoms with Gasteiger partial charge >= 0.3 is 0 Å². The van der Waals surface area contributed by atoms with Crippen molar-refractivity contribution < 1.29 is 4.74 Å². The average Bonchev–Trinajstić information content (AvgIpc) is 2.77. The van der Waals surface area contributed by atoms with Crippen LogP contribution >= 0.6 is 0 Å². The molecular formula is C13H25N3O. The van der Waals surface area contributed by atoms with E-state index < -0.39 is 0 Å². The number of nitrogens with zero attached hydrogens (tertiary/aromatic N) is 2. The summed E-state index contributed by atoms with van der Waals surface area (Å²) in [6.45, 7) is 5.02. The van der Waals surface area contributed by atoms with E-state index in [2.05, 4.69) is 35.9 Å². The van der Waals surface area contributed by atoms with Gasteiger partial charge in [-0.15, -0.1) is 0 Å². The van der Waals surface area contributed by atoms with Gasteiger partial charge in [-0.2, -0.15) is 5.10 Å². The molecule has 0 aliphatic heterocycles. The maximum Gasteiger partial charge on any atom is 0.0625 e. The molecule has 1 aromatic heterocycles. The molecule has 0 aliphatic rings. The van der Waals surface area contributed by atoms with Crippen molar-refractivity contribution in [3.05, 3.63) is 18.0 Å². The van der Waals surface area contributed by atoms with E-state index in [0.717, 1.165) is 31.4 Å². The Morgan fingerprint density at radius 3 is 2.71 bits per heavy atom. The number of nitrogens with two attached hydrogens (primary N) is 1. The molecule has 1 aromatic rings. The fraction of sp³-hybridized carbons (Fsp3) is 0.769. The molecule has 0 aliphatic carbocycles. The number of hydrogen-bond donors (Lipinski definition) is 1. The monoisotopic (exact) mass is 239 g/mol. The molecule has 0 spiro atoms. The summed E-state index contributed by atoms with van der Waals surface area (Å²) in [7, 11) is 1.68. The standard InChI is InChI=1S/C13H25N3O/c1-4-13(5-2)16-9-8-12(15-16)7-6-11(14)10-17-3/h8-9,11,13H,4-7,10,14H2,1-3H3. The third-order valence-electron chi connectivity index (χ3n) is 3.13. The third-order valence-corrected chi connectivity index (χ3v) is 3.13. The summed E-state index contributed by atoms with van der Waals surface area (Å²) in [5.74, 6) is 0. The lowest BCUT2D eigenvalue weighted by Crippen LogP contribution is -2.26. The van der Waals surface area contributed by atoms with Crippen molar-refractivity contribution in [2.45, 2.75) is 51.6 Å². The lowest BCUT2D eigenvalue weighted by molar-refractivity contribution is 0.177. The van der Waals surface area contributed by atoms with E-state index in [1.165, 1.54) is 0 Å². The van der Waals surface area contributed by atoms with E-state index in [-0.39, 0.29) is 6.04 Å². The van der Waals surface area contributed by atoms with Crippen molar-refractivity contribution in [2.24, 2.45) is 5.73 Å². The lowest BCUT2D eigenvalue weighted by Gasteiger charge is -2.12. The van der Waals surface area contributed by atoms with E-state index in [4.69, 9.17) is 10.5 Å². The van der Waals surface area contributed by atoms with Crippen LogP contribution in [0.15, 0.2) is 12.3 Å². The average molecular weight is 239 g/mol. The van der Waals surface area contributed by atoms with Gasteiger partial charge in [0.25, 0.3) is 0 Å². The Morgan fingerprint density at radius 1 is 1.41 bits per heavy atom. The molecule has 0 bridgehead atoms. The highest BCUT2D eigenvalue weighted by Gasteiger charge is 2.09. The van der Waals surface area contributed by atoms with Crippen LogP contribution < -0.4 is 5.73 Å². The van der Waals surface area contributed by atoms with Crippen LogP contribution in [0.1, 0.15) is 44.8 Å². The number of aromatic nitrogens is 2. The highest BCUT2D eigenvalue weighted by Crippen LogP contribution is 2.15. The van der Waals surface area contributed by atoms with E-state index >= 15 is 0 Å². The topological polar surface area (TPSA) is 53.1 Å². The number of rotatable bonds is 8. The molecule has 1 heterocycles. The van der Waals surface area contributed by atoms with E-state index in [9.17, 15) is 0 Å². The Balaban J connectivity index is 2.45. The van der Waals surface area contributed by atoms with Gasteiger partial charge < -0.3 is 10.5 Å². The quantitative estimate of drug-likeness (QED) is 0.756. The van der Waals surface area contributed by atoms with Crippen LogP contribution in [0.5, 0.6) is 0 Å². The van der Waals surface area contributed by atoms with E-state index in [0.29, 0.717) is 12.6 Å². The maximum absolute atomic E-state index is 5.89. The molecule has 0 saturated carbocycles. The second kappa shape index (κ2) is 7.45. The fourth-order valence-corrected chi connectivity index (χ4v) is 2.01. The van der Waals surface area contributed by atoms with Crippen LogP contribution in [-0.2, 0) is 11.2 Å².